The highest BCUT2D eigenvalue weighted by molar-refractivity contribution is 5.59. The van der Waals surface area contributed by atoms with Crippen molar-refractivity contribution in [2.24, 2.45) is 0 Å². The third kappa shape index (κ3) is 3.38. The predicted molar refractivity (Wildman–Crippen MR) is 62.2 cm³/mol. The summed E-state index contributed by atoms with van der Waals surface area (Å²) < 4.78 is 36.2. The molecule has 0 saturated carbocycles. The Labute approximate surface area is 99.0 Å². The summed E-state index contributed by atoms with van der Waals surface area (Å²) in [6.07, 6.45) is -1.95. The molecular weight excluding hydrogens is 227 g/mol. The van der Waals surface area contributed by atoms with Crippen molar-refractivity contribution in [3.05, 3.63) is 29.3 Å². The molecule has 1 heterocycles. The van der Waals surface area contributed by atoms with Crippen LogP contribution in [0.5, 0.6) is 0 Å². The molecule has 0 bridgehead atoms. The summed E-state index contributed by atoms with van der Waals surface area (Å²) in [5, 5.41) is 3.30. The van der Waals surface area contributed by atoms with Crippen LogP contribution in [0.1, 0.15) is 30.4 Å². The topological polar surface area (TPSA) is 12.0 Å². The number of halogens is 3. The Hall–Kier alpha value is -1.19. The van der Waals surface area contributed by atoms with Gasteiger partial charge in [0.15, 0.2) is 0 Å². The molecule has 1 aromatic rings. The molecule has 1 nitrogen and oxygen atoms in total. The van der Waals surface area contributed by atoms with Gasteiger partial charge in [0.05, 0.1) is 0 Å². The van der Waals surface area contributed by atoms with E-state index in [2.05, 4.69) is 11.4 Å². The van der Waals surface area contributed by atoms with Crippen molar-refractivity contribution < 1.29 is 13.2 Å². The van der Waals surface area contributed by atoms with Crippen LogP contribution in [0.3, 0.4) is 0 Å². The van der Waals surface area contributed by atoms with Gasteiger partial charge in [-0.05, 0) is 36.8 Å². The van der Waals surface area contributed by atoms with Crippen molar-refractivity contribution in [3.63, 3.8) is 0 Å². The number of aryl methyl sites for hydroxylation is 2. The first-order valence-electron chi connectivity index (χ1n) is 5.98. The third-order valence-electron chi connectivity index (χ3n) is 3.07. The van der Waals surface area contributed by atoms with Crippen LogP contribution in [0.4, 0.5) is 18.9 Å². The van der Waals surface area contributed by atoms with E-state index in [-0.39, 0.29) is 6.42 Å². The van der Waals surface area contributed by atoms with E-state index in [1.54, 1.807) is 0 Å². The van der Waals surface area contributed by atoms with Gasteiger partial charge in [-0.25, -0.2) is 0 Å². The van der Waals surface area contributed by atoms with E-state index in [4.69, 9.17) is 0 Å². The van der Waals surface area contributed by atoms with Gasteiger partial charge in [0.2, 0.25) is 0 Å². The number of alkyl halides is 3. The molecule has 0 aliphatic carbocycles. The summed E-state index contributed by atoms with van der Waals surface area (Å²) in [6.45, 7) is 0.920. The number of fused-ring (bicyclic) bond motifs is 1. The zero-order chi connectivity index (χ0) is 12.3. The number of anilines is 1. The molecule has 4 heteroatoms. The van der Waals surface area contributed by atoms with Crippen LogP contribution in [-0.2, 0) is 12.8 Å². The van der Waals surface area contributed by atoms with Crippen molar-refractivity contribution >= 4 is 5.69 Å². The smallest absolute Gasteiger partial charge is 0.385 e. The second kappa shape index (κ2) is 4.98. The molecule has 1 N–H and O–H groups in total. The summed E-state index contributed by atoms with van der Waals surface area (Å²) in [4.78, 5) is 0. The summed E-state index contributed by atoms with van der Waals surface area (Å²) >= 11 is 0. The van der Waals surface area contributed by atoms with Crippen LogP contribution in [0.25, 0.3) is 0 Å². The summed E-state index contributed by atoms with van der Waals surface area (Å²) in [5.74, 6) is 0. The summed E-state index contributed by atoms with van der Waals surface area (Å²) in [5.41, 5.74) is 3.33. The Bertz CT molecular complexity index is 385. The Morgan fingerprint density at radius 3 is 2.82 bits per heavy atom. The maximum absolute atomic E-state index is 12.1. The lowest BCUT2D eigenvalue weighted by molar-refractivity contribution is -0.135. The SMILES string of the molecule is FC(F)(F)CCCc1cccc2c1NCCC2. The molecule has 0 unspecified atom stereocenters. The van der Waals surface area contributed by atoms with E-state index >= 15 is 0 Å². The van der Waals surface area contributed by atoms with E-state index in [1.165, 1.54) is 5.56 Å². The van der Waals surface area contributed by atoms with Gasteiger partial charge in [-0.3, -0.25) is 0 Å². The lowest BCUT2D eigenvalue weighted by Gasteiger charge is -2.21. The maximum atomic E-state index is 12.1. The third-order valence-corrected chi connectivity index (χ3v) is 3.07. The number of para-hydroxylation sites is 1. The minimum Gasteiger partial charge on any atom is -0.385 e. The molecule has 17 heavy (non-hydrogen) atoms. The fourth-order valence-electron chi connectivity index (χ4n) is 2.27. The molecule has 0 saturated heterocycles. The highest BCUT2D eigenvalue weighted by Crippen LogP contribution is 2.29. The Kier molecular flexibility index (Phi) is 3.60. The highest BCUT2D eigenvalue weighted by atomic mass is 19.4. The molecule has 0 atom stereocenters. The number of benzene rings is 1. The lowest BCUT2D eigenvalue weighted by atomic mass is 9.96. The minimum atomic E-state index is -4.04. The Morgan fingerprint density at radius 1 is 1.24 bits per heavy atom. The van der Waals surface area contributed by atoms with E-state index in [0.717, 1.165) is 30.6 Å². The zero-order valence-electron chi connectivity index (χ0n) is 9.61. The molecule has 2 rings (SSSR count). The molecule has 0 radical (unpaired) electrons. The highest BCUT2D eigenvalue weighted by Gasteiger charge is 2.26. The first-order chi connectivity index (χ1) is 8.06. The number of hydrogen-bond acceptors (Lipinski definition) is 1. The van der Waals surface area contributed by atoms with E-state index < -0.39 is 12.6 Å². The summed E-state index contributed by atoms with van der Waals surface area (Å²) in [6, 6.07) is 5.91. The quantitative estimate of drug-likeness (QED) is 0.848. The number of hydrogen-bond donors (Lipinski definition) is 1. The first-order valence-corrected chi connectivity index (χ1v) is 5.98. The van der Waals surface area contributed by atoms with Gasteiger partial charge in [-0.1, -0.05) is 18.2 Å². The van der Waals surface area contributed by atoms with E-state index in [9.17, 15) is 13.2 Å². The molecule has 0 fully saturated rings. The predicted octanol–water partition coefficient (Wildman–Crippen LogP) is 3.93. The molecule has 94 valence electrons. The van der Waals surface area contributed by atoms with E-state index in [0.29, 0.717) is 6.42 Å². The van der Waals surface area contributed by atoms with Gasteiger partial charge in [-0.2, -0.15) is 13.2 Å². The van der Waals surface area contributed by atoms with Gasteiger partial charge in [0.1, 0.15) is 0 Å². The number of nitrogens with one attached hydrogen (secondary N) is 1. The van der Waals surface area contributed by atoms with Crippen LogP contribution in [0.2, 0.25) is 0 Å². The minimum absolute atomic E-state index is 0.168. The average Bonchev–Trinajstić information content (AvgIpc) is 2.28. The maximum Gasteiger partial charge on any atom is 0.389 e. The van der Waals surface area contributed by atoms with Gasteiger partial charge in [0.25, 0.3) is 0 Å². The normalized spacial score (nSPS) is 15.2. The molecule has 0 amide bonds. The van der Waals surface area contributed by atoms with Crippen molar-refractivity contribution in [2.75, 3.05) is 11.9 Å². The van der Waals surface area contributed by atoms with E-state index in [1.807, 2.05) is 12.1 Å². The molecule has 1 aliphatic rings. The van der Waals surface area contributed by atoms with Crippen LogP contribution in [0, 0.1) is 0 Å². The van der Waals surface area contributed by atoms with Crippen LogP contribution < -0.4 is 5.32 Å². The molecule has 0 aromatic heterocycles. The fraction of sp³-hybridized carbons (Fsp3) is 0.538. The van der Waals surface area contributed by atoms with Crippen molar-refractivity contribution in [1.29, 1.82) is 0 Å². The molecule has 1 aromatic carbocycles. The average molecular weight is 243 g/mol. The second-order valence-corrected chi connectivity index (χ2v) is 4.45. The fourth-order valence-corrected chi connectivity index (χ4v) is 2.27. The van der Waals surface area contributed by atoms with Crippen molar-refractivity contribution in [2.45, 2.75) is 38.3 Å². The molecule has 1 aliphatic heterocycles. The van der Waals surface area contributed by atoms with Crippen molar-refractivity contribution in [1.82, 2.24) is 0 Å². The van der Waals surface area contributed by atoms with Gasteiger partial charge < -0.3 is 5.32 Å². The zero-order valence-corrected chi connectivity index (χ0v) is 9.61. The standard InChI is InChI=1S/C13H16F3N/c14-13(15,16)8-2-6-10-4-1-5-11-7-3-9-17-12(10)11/h1,4-5,17H,2-3,6-9H2. The monoisotopic (exact) mass is 243 g/mol. The Balaban J connectivity index is 2.01. The van der Waals surface area contributed by atoms with Gasteiger partial charge in [-0.15, -0.1) is 0 Å². The lowest BCUT2D eigenvalue weighted by Crippen LogP contribution is -2.14. The van der Waals surface area contributed by atoms with Crippen LogP contribution in [0.15, 0.2) is 18.2 Å². The largest absolute Gasteiger partial charge is 0.389 e. The molecular formula is C13H16F3N. The molecule has 0 spiro atoms. The second-order valence-electron chi connectivity index (χ2n) is 4.45. The van der Waals surface area contributed by atoms with Crippen molar-refractivity contribution in [3.8, 4) is 0 Å². The van der Waals surface area contributed by atoms with Crippen LogP contribution in [-0.4, -0.2) is 12.7 Å². The van der Waals surface area contributed by atoms with Crippen LogP contribution >= 0.6 is 0 Å². The first kappa shape index (κ1) is 12.3. The van der Waals surface area contributed by atoms with Gasteiger partial charge in [0, 0.05) is 18.7 Å². The number of rotatable bonds is 3. The summed E-state index contributed by atoms with van der Waals surface area (Å²) in [7, 11) is 0. The Morgan fingerprint density at radius 2 is 2.06 bits per heavy atom. The van der Waals surface area contributed by atoms with Gasteiger partial charge >= 0.3 is 6.18 Å².